The summed E-state index contributed by atoms with van der Waals surface area (Å²) in [4.78, 5) is 0. The first-order valence-electron chi connectivity index (χ1n) is 8.51. The topological polar surface area (TPSA) is 29.9 Å². The monoisotopic (exact) mass is 285 g/mol. The molecule has 1 unspecified atom stereocenters. The van der Waals surface area contributed by atoms with E-state index in [-0.39, 0.29) is 0 Å². The largest absolute Gasteiger partial charge is 0.313 e. The quantitative estimate of drug-likeness (QED) is 0.839. The SMILES string of the molecule is CCCNC(Cc1nn(CC)c2ccccc12)C1CCC1. The van der Waals surface area contributed by atoms with Crippen molar-refractivity contribution >= 4 is 10.9 Å². The number of aryl methyl sites for hydroxylation is 1. The van der Waals surface area contributed by atoms with E-state index < -0.39 is 0 Å². The maximum atomic E-state index is 4.87. The minimum absolute atomic E-state index is 0.599. The van der Waals surface area contributed by atoms with Crippen LogP contribution in [0.15, 0.2) is 24.3 Å². The van der Waals surface area contributed by atoms with Gasteiger partial charge < -0.3 is 5.32 Å². The van der Waals surface area contributed by atoms with Gasteiger partial charge in [-0.1, -0.05) is 31.5 Å². The number of aromatic nitrogens is 2. The highest BCUT2D eigenvalue weighted by Crippen LogP contribution is 2.32. The van der Waals surface area contributed by atoms with Gasteiger partial charge in [0.1, 0.15) is 0 Å². The van der Waals surface area contributed by atoms with Crippen molar-refractivity contribution in [3.63, 3.8) is 0 Å². The molecule has 0 aliphatic heterocycles. The molecule has 1 aromatic heterocycles. The lowest BCUT2D eigenvalue weighted by molar-refractivity contribution is 0.226. The van der Waals surface area contributed by atoms with E-state index in [0.29, 0.717) is 6.04 Å². The van der Waals surface area contributed by atoms with E-state index in [1.54, 1.807) is 0 Å². The molecule has 1 aliphatic rings. The van der Waals surface area contributed by atoms with Crippen molar-refractivity contribution < 1.29 is 0 Å². The molecule has 0 bridgehead atoms. The number of nitrogens with one attached hydrogen (secondary N) is 1. The molecule has 1 atom stereocenters. The summed E-state index contributed by atoms with van der Waals surface area (Å²) in [5, 5.41) is 9.97. The van der Waals surface area contributed by atoms with Gasteiger partial charge in [-0.3, -0.25) is 4.68 Å². The predicted octanol–water partition coefficient (Wildman–Crippen LogP) is 3.77. The fourth-order valence-corrected chi connectivity index (χ4v) is 3.37. The Morgan fingerprint density at radius 1 is 1.29 bits per heavy atom. The molecule has 0 amide bonds. The zero-order valence-electron chi connectivity index (χ0n) is 13.3. The van der Waals surface area contributed by atoms with Crippen molar-refractivity contribution in [2.75, 3.05) is 6.54 Å². The third kappa shape index (κ3) is 2.98. The van der Waals surface area contributed by atoms with Crippen LogP contribution in [-0.2, 0) is 13.0 Å². The zero-order valence-corrected chi connectivity index (χ0v) is 13.3. The molecule has 21 heavy (non-hydrogen) atoms. The normalized spacial score (nSPS) is 17.0. The highest BCUT2D eigenvalue weighted by atomic mass is 15.3. The van der Waals surface area contributed by atoms with Crippen LogP contribution in [0.4, 0.5) is 0 Å². The van der Waals surface area contributed by atoms with Crippen LogP contribution in [0.5, 0.6) is 0 Å². The van der Waals surface area contributed by atoms with Crippen LogP contribution in [0.25, 0.3) is 10.9 Å². The van der Waals surface area contributed by atoms with Gasteiger partial charge in [0, 0.05) is 24.4 Å². The van der Waals surface area contributed by atoms with Crippen LogP contribution >= 0.6 is 0 Å². The Balaban J connectivity index is 1.84. The van der Waals surface area contributed by atoms with Gasteiger partial charge in [-0.2, -0.15) is 5.10 Å². The van der Waals surface area contributed by atoms with Gasteiger partial charge in [-0.15, -0.1) is 0 Å². The fraction of sp³-hybridized carbons (Fsp3) is 0.611. The number of nitrogens with zero attached hydrogens (tertiary/aromatic N) is 2. The lowest BCUT2D eigenvalue weighted by Crippen LogP contribution is -2.41. The Kier molecular flexibility index (Phi) is 4.59. The molecule has 1 saturated carbocycles. The molecule has 114 valence electrons. The van der Waals surface area contributed by atoms with E-state index >= 15 is 0 Å². The Bertz CT molecular complexity index is 583. The number of hydrogen-bond acceptors (Lipinski definition) is 2. The van der Waals surface area contributed by atoms with Gasteiger partial charge in [-0.05, 0) is 44.7 Å². The Hall–Kier alpha value is -1.35. The van der Waals surface area contributed by atoms with E-state index in [4.69, 9.17) is 5.10 Å². The predicted molar refractivity (Wildman–Crippen MR) is 88.5 cm³/mol. The summed E-state index contributed by atoms with van der Waals surface area (Å²) in [5.74, 6) is 0.849. The molecule has 0 spiro atoms. The van der Waals surface area contributed by atoms with Crippen molar-refractivity contribution in [2.24, 2.45) is 5.92 Å². The second kappa shape index (κ2) is 6.61. The average Bonchev–Trinajstić information content (AvgIpc) is 2.81. The minimum atomic E-state index is 0.599. The summed E-state index contributed by atoms with van der Waals surface area (Å²) < 4.78 is 2.14. The second-order valence-electron chi connectivity index (χ2n) is 6.24. The summed E-state index contributed by atoms with van der Waals surface area (Å²) >= 11 is 0. The van der Waals surface area contributed by atoms with E-state index in [2.05, 4.69) is 48.1 Å². The van der Waals surface area contributed by atoms with Crippen molar-refractivity contribution in [3.05, 3.63) is 30.0 Å². The molecule has 3 heteroatoms. The molecular weight excluding hydrogens is 258 g/mol. The lowest BCUT2D eigenvalue weighted by Gasteiger charge is -2.34. The number of rotatable bonds is 7. The molecule has 1 heterocycles. The lowest BCUT2D eigenvalue weighted by atomic mass is 9.78. The van der Waals surface area contributed by atoms with E-state index in [1.807, 2.05) is 0 Å². The standard InChI is InChI=1S/C18H27N3/c1-3-12-19-16(14-8-7-9-14)13-17-15-10-5-6-11-18(15)21(4-2)20-17/h5-6,10-11,14,16,19H,3-4,7-9,12-13H2,1-2H3. The summed E-state index contributed by atoms with van der Waals surface area (Å²) in [5.41, 5.74) is 2.55. The molecular formula is C18H27N3. The first-order valence-corrected chi connectivity index (χ1v) is 8.51. The van der Waals surface area contributed by atoms with Crippen molar-refractivity contribution in [2.45, 2.75) is 58.5 Å². The fourth-order valence-electron chi connectivity index (χ4n) is 3.37. The smallest absolute Gasteiger partial charge is 0.0718 e. The van der Waals surface area contributed by atoms with Gasteiger partial charge in [0.15, 0.2) is 0 Å². The molecule has 0 saturated heterocycles. The first kappa shape index (κ1) is 14.6. The van der Waals surface area contributed by atoms with Gasteiger partial charge in [-0.25, -0.2) is 0 Å². The third-order valence-corrected chi connectivity index (χ3v) is 4.82. The maximum absolute atomic E-state index is 4.87. The summed E-state index contributed by atoms with van der Waals surface area (Å²) in [6, 6.07) is 9.25. The highest BCUT2D eigenvalue weighted by molar-refractivity contribution is 5.82. The minimum Gasteiger partial charge on any atom is -0.313 e. The van der Waals surface area contributed by atoms with Crippen LogP contribution in [0.3, 0.4) is 0 Å². The number of fused-ring (bicyclic) bond motifs is 1. The van der Waals surface area contributed by atoms with Crippen LogP contribution in [0.1, 0.15) is 45.2 Å². The molecule has 1 fully saturated rings. The zero-order chi connectivity index (χ0) is 14.7. The van der Waals surface area contributed by atoms with Crippen LogP contribution in [-0.4, -0.2) is 22.4 Å². The van der Waals surface area contributed by atoms with Gasteiger partial charge in [0.05, 0.1) is 11.2 Å². The Morgan fingerprint density at radius 2 is 2.10 bits per heavy atom. The molecule has 1 N–H and O–H groups in total. The van der Waals surface area contributed by atoms with Crippen LogP contribution < -0.4 is 5.32 Å². The van der Waals surface area contributed by atoms with Crippen molar-refractivity contribution in [3.8, 4) is 0 Å². The van der Waals surface area contributed by atoms with Crippen molar-refractivity contribution in [1.82, 2.24) is 15.1 Å². The molecule has 0 radical (unpaired) electrons. The van der Waals surface area contributed by atoms with Crippen molar-refractivity contribution in [1.29, 1.82) is 0 Å². The van der Waals surface area contributed by atoms with Crippen LogP contribution in [0.2, 0.25) is 0 Å². The Morgan fingerprint density at radius 3 is 2.76 bits per heavy atom. The molecule has 3 rings (SSSR count). The number of hydrogen-bond donors (Lipinski definition) is 1. The maximum Gasteiger partial charge on any atom is 0.0718 e. The van der Waals surface area contributed by atoms with Gasteiger partial charge >= 0.3 is 0 Å². The first-order chi connectivity index (χ1) is 10.3. The van der Waals surface area contributed by atoms with E-state index in [0.717, 1.165) is 25.4 Å². The van der Waals surface area contributed by atoms with Gasteiger partial charge in [0.2, 0.25) is 0 Å². The molecule has 1 aliphatic carbocycles. The Labute approximate surface area is 127 Å². The second-order valence-corrected chi connectivity index (χ2v) is 6.24. The molecule has 1 aromatic carbocycles. The highest BCUT2D eigenvalue weighted by Gasteiger charge is 2.28. The van der Waals surface area contributed by atoms with Gasteiger partial charge in [0.25, 0.3) is 0 Å². The number of benzene rings is 1. The third-order valence-electron chi connectivity index (χ3n) is 4.82. The number of para-hydroxylation sites is 1. The summed E-state index contributed by atoms with van der Waals surface area (Å²) in [7, 11) is 0. The van der Waals surface area contributed by atoms with Crippen LogP contribution in [0, 0.1) is 5.92 Å². The average molecular weight is 285 g/mol. The molecule has 3 nitrogen and oxygen atoms in total. The van der Waals surface area contributed by atoms with E-state index in [9.17, 15) is 0 Å². The summed E-state index contributed by atoms with van der Waals surface area (Å²) in [6.45, 7) is 6.47. The summed E-state index contributed by atoms with van der Waals surface area (Å²) in [6.07, 6.45) is 6.44. The molecule has 2 aromatic rings. The van der Waals surface area contributed by atoms with E-state index in [1.165, 1.54) is 42.3 Å².